The van der Waals surface area contributed by atoms with Crippen LogP contribution in [0.25, 0.3) is 10.9 Å². The number of benzene rings is 2. The van der Waals surface area contributed by atoms with Crippen molar-refractivity contribution in [3.05, 3.63) is 71.9 Å². The van der Waals surface area contributed by atoms with Crippen molar-refractivity contribution in [1.82, 2.24) is 42.2 Å². The van der Waals surface area contributed by atoms with Gasteiger partial charge >= 0.3 is 0 Å². The summed E-state index contributed by atoms with van der Waals surface area (Å²) in [7, 11) is 2.32. The number of hydrogen-bond acceptors (Lipinski definition) is 13. The summed E-state index contributed by atoms with van der Waals surface area (Å²) in [6.45, 7) is 5.98. The Morgan fingerprint density at radius 2 is 1.36 bits per heavy atom. The first-order valence-electron chi connectivity index (χ1n) is 23.6. The number of hydrogen-bond donors (Lipinski definition) is 14. The molecule has 3 aromatic rings. The fourth-order valence-corrected chi connectivity index (χ4v) is 10.6. The number of aliphatic hydroxyl groups excluding tert-OH is 1. The molecule has 8 atom stereocenters. The van der Waals surface area contributed by atoms with Crippen LogP contribution in [0, 0.1) is 0 Å². The van der Waals surface area contributed by atoms with Crippen LogP contribution in [-0.4, -0.2) is 141 Å². The Bertz CT molecular complexity index is 2460. The zero-order valence-corrected chi connectivity index (χ0v) is 42.9. The van der Waals surface area contributed by atoms with Crippen LogP contribution in [0.2, 0.25) is 0 Å². The van der Waals surface area contributed by atoms with E-state index in [-0.39, 0.29) is 75.7 Å². The number of H-pyrrole nitrogens is 1. The molecule has 2 aromatic carbocycles. The van der Waals surface area contributed by atoms with Gasteiger partial charge in [-0.2, -0.15) is 0 Å². The Morgan fingerprint density at radius 1 is 0.767 bits per heavy atom. The Kier molecular flexibility index (Phi) is 22.6. The van der Waals surface area contributed by atoms with Crippen molar-refractivity contribution in [2.75, 3.05) is 18.8 Å². The van der Waals surface area contributed by atoms with Crippen molar-refractivity contribution in [2.45, 2.75) is 126 Å². The summed E-state index contributed by atoms with van der Waals surface area (Å²) < 4.78 is -1.15. The summed E-state index contributed by atoms with van der Waals surface area (Å²) in [5.41, 5.74) is 30.0. The lowest BCUT2D eigenvalue weighted by atomic mass is 9.99. The largest absolute Gasteiger partial charge is 0.391 e. The first-order chi connectivity index (χ1) is 34.6. The molecule has 1 aliphatic heterocycles. The van der Waals surface area contributed by atoms with E-state index in [1.54, 1.807) is 50.4 Å². The van der Waals surface area contributed by atoms with Gasteiger partial charge in [0.25, 0.3) is 0 Å². The first kappa shape index (κ1) is 58.5. The number of primary amides is 1. The van der Waals surface area contributed by atoms with Gasteiger partial charge in [0.2, 0.25) is 47.3 Å². The number of amides is 8. The molecule has 0 unspecified atom stereocenters. The minimum absolute atomic E-state index is 0.0566. The average Bonchev–Trinajstić information content (AvgIpc) is 3.73. The number of nitrogens with one attached hydrogen (secondary N) is 8. The predicted molar refractivity (Wildman–Crippen MR) is 281 cm³/mol. The molecule has 0 aliphatic carbocycles. The summed E-state index contributed by atoms with van der Waals surface area (Å²) in [6, 6.07) is 6.20. The third kappa shape index (κ3) is 18.8. The van der Waals surface area contributed by atoms with Crippen LogP contribution in [0.4, 0.5) is 0 Å². The molecule has 2 heterocycles. The number of carbonyl (C=O) groups is 8. The minimum Gasteiger partial charge on any atom is -0.391 e. The third-order valence-corrected chi connectivity index (χ3v) is 14.9. The maximum absolute atomic E-state index is 14.6. The highest BCUT2D eigenvalue weighted by Crippen LogP contribution is 2.39. The Morgan fingerprint density at radius 3 is 2.00 bits per heavy atom. The van der Waals surface area contributed by atoms with Crippen LogP contribution >= 0.6 is 21.6 Å². The number of fused-ring (bicyclic) bond motifs is 1. The standard InChI is InChI=1S/C47H69N15O9S2/c1-25(63)36-44(71)60-34(22-27-12-6-5-7-13-27)42(69)57-32(17-11-20-54-46(51)52)40(67)59-35(23-28-24-55-30-15-9-8-14-29(28)30)43(70)62-37(38(48)65)47(3,4)73-72-21-18-33(41(68)61-36)58-39(66)31(56-26(2)64)16-10-19-53-45(49)50/h5-9,12-15,24-25,31-37,55,63H,10-11,16-23H2,1-4H3,(H2,48,65)(H,56,64)(H,57,69)(H,58,66)(H,59,67)(H,60,71)(H,61,68)(H,62,70)(H4,49,50,53)(H4,51,52,54)/t25-,31-,32+,33+,34-,35+,36+,37-/m1/s1. The summed E-state index contributed by atoms with van der Waals surface area (Å²) in [5.74, 6) is -6.77. The zero-order chi connectivity index (χ0) is 53.8. The molecule has 73 heavy (non-hydrogen) atoms. The lowest BCUT2D eigenvalue weighted by Gasteiger charge is -2.33. The van der Waals surface area contributed by atoms with E-state index in [1.165, 1.54) is 24.6 Å². The number of aliphatic imine (C=N–C) groups is 2. The molecule has 1 fully saturated rings. The number of rotatable bonds is 17. The number of carbonyl (C=O) groups excluding carboxylic acids is 8. The lowest BCUT2D eigenvalue weighted by molar-refractivity contribution is -0.137. The van der Waals surface area contributed by atoms with E-state index in [9.17, 15) is 43.5 Å². The summed E-state index contributed by atoms with van der Waals surface area (Å²) in [4.78, 5) is 123. The van der Waals surface area contributed by atoms with Crippen molar-refractivity contribution in [2.24, 2.45) is 38.7 Å². The number of aromatic nitrogens is 1. The van der Waals surface area contributed by atoms with Crippen molar-refractivity contribution < 1.29 is 43.5 Å². The van der Waals surface area contributed by atoms with Crippen molar-refractivity contribution >= 4 is 91.7 Å². The maximum Gasteiger partial charge on any atom is 0.245 e. The van der Waals surface area contributed by atoms with E-state index in [2.05, 4.69) is 52.2 Å². The van der Waals surface area contributed by atoms with Gasteiger partial charge in [-0.15, -0.1) is 0 Å². The monoisotopic (exact) mass is 1050 g/mol. The normalized spacial score (nSPS) is 22.3. The molecule has 1 saturated heterocycles. The fourth-order valence-electron chi connectivity index (χ4n) is 7.82. The van der Waals surface area contributed by atoms with Gasteiger partial charge in [-0.05, 0) is 70.1 Å². The smallest absolute Gasteiger partial charge is 0.245 e. The van der Waals surface area contributed by atoms with Gasteiger partial charge in [0, 0.05) is 60.5 Å². The molecule has 0 radical (unpaired) electrons. The highest BCUT2D eigenvalue weighted by Gasteiger charge is 2.40. The van der Waals surface area contributed by atoms with E-state index in [1.807, 2.05) is 24.3 Å². The Hall–Kier alpha value is -7.06. The molecule has 19 N–H and O–H groups in total. The second-order valence-corrected chi connectivity index (χ2v) is 21.1. The number of aliphatic hydroxyl groups is 1. The van der Waals surface area contributed by atoms with Crippen molar-refractivity contribution in [3.8, 4) is 0 Å². The minimum atomic E-state index is -1.70. The predicted octanol–water partition coefficient (Wildman–Crippen LogP) is -2.10. The molecule has 0 bridgehead atoms. The van der Waals surface area contributed by atoms with E-state index < -0.39 is 100 Å². The van der Waals surface area contributed by atoms with Gasteiger partial charge < -0.3 is 76.0 Å². The summed E-state index contributed by atoms with van der Waals surface area (Å²) in [6.07, 6.45) is 0.262. The van der Waals surface area contributed by atoms with E-state index >= 15 is 0 Å². The second-order valence-electron chi connectivity index (χ2n) is 18.0. The van der Waals surface area contributed by atoms with E-state index in [0.717, 1.165) is 21.7 Å². The molecule has 4 rings (SSSR count). The number of guanidine groups is 2. The molecule has 398 valence electrons. The molecular formula is C47H69N15O9S2. The van der Waals surface area contributed by atoms with Crippen LogP contribution in [0.1, 0.15) is 70.9 Å². The number of aromatic amines is 1. The molecule has 1 aliphatic rings. The summed E-state index contributed by atoms with van der Waals surface area (Å²) in [5, 5.41) is 30.5. The van der Waals surface area contributed by atoms with Crippen LogP contribution in [0.15, 0.2) is 70.8 Å². The van der Waals surface area contributed by atoms with Crippen molar-refractivity contribution in [1.29, 1.82) is 0 Å². The molecule has 8 amide bonds. The molecular weight excluding hydrogens is 983 g/mol. The topological polar surface area (TPSA) is 412 Å². The quantitative estimate of drug-likeness (QED) is 0.0298. The fraction of sp³-hybridized carbons (Fsp3) is 0.489. The van der Waals surface area contributed by atoms with Crippen LogP contribution in [-0.2, 0) is 51.2 Å². The average molecular weight is 1050 g/mol. The van der Waals surface area contributed by atoms with Gasteiger partial charge in [0.05, 0.1) is 6.10 Å². The SMILES string of the molecule is CC(=O)N[C@H](CCCN=C(N)N)C(=O)N[C@H]1CCSSC(C)(C)[C@@H](C(N)=O)NC(=O)[C@H](Cc2c[nH]c3ccccc23)NC(=O)[C@H](CCCN=C(N)N)NC(=O)[C@@H](Cc2ccccc2)NC(=O)[C@H]([C@@H](C)O)NC1=O. The first-order valence-corrected chi connectivity index (χ1v) is 25.9. The molecule has 1 aromatic heterocycles. The number of nitrogens with two attached hydrogens (primary N) is 5. The van der Waals surface area contributed by atoms with Crippen molar-refractivity contribution in [3.63, 3.8) is 0 Å². The Balaban J connectivity index is 1.81. The van der Waals surface area contributed by atoms with E-state index in [4.69, 9.17) is 28.7 Å². The van der Waals surface area contributed by atoms with E-state index in [0.29, 0.717) is 11.1 Å². The third-order valence-electron chi connectivity index (χ3n) is 11.6. The van der Waals surface area contributed by atoms with Gasteiger partial charge in [-0.3, -0.25) is 48.3 Å². The number of para-hydroxylation sites is 1. The van der Waals surface area contributed by atoms with Gasteiger partial charge in [0.1, 0.15) is 42.3 Å². The summed E-state index contributed by atoms with van der Waals surface area (Å²) >= 11 is 0. The van der Waals surface area contributed by atoms with Crippen LogP contribution < -0.4 is 65.9 Å². The molecule has 0 saturated carbocycles. The molecule has 26 heteroatoms. The lowest BCUT2D eigenvalue weighted by Crippen LogP contribution is -2.62. The van der Waals surface area contributed by atoms with Crippen LogP contribution in [0.3, 0.4) is 0 Å². The Labute approximate surface area is 430 Å². The van der Waals surface area contributed by atoms with Gasteiger partial charge in [-0.1, -0.05) is 70.1 Å². The maximum atomic E-state index is 14.6. The van der Waals surface area contributed by atoms with Gasteiger partial charge in [-0.25, -0.2) is 0 Å². The molecule has 0 spiro atoms. The second kappa shape index (κ2) is 28.3. The molecule has 24 nitrogen and oxygen atoms in total. The highest BCUT2D eigenvalue weighted by atomic mass is 33.1. The highest BCUT2D eigenvalue weighted by molar-refractivity contribution is 8.77. The zero-order valence-electron chi connectivity index (χ0n) is 41.3. The number of nitrogens with zero attached hydrogens (tertiary/aromatic N) is 2. The van der Waals surface area contributed by atoms with Gasteiger partial charge in [0.15, 0.2) is 11.9 Å². The van der Waals surface area contributed by atoms with Crippen LogP contribution in [0.5, 0.6) is 0 Å².